The van der Waals surface area contributed by atoms with Crippen LogP contribution in [0.2, 0.25) is 0 Å². The predicted molar refractivity (Wildman–Crippen MR) is 69.1 cm³/mol. The summed E-state index contributed by atoms with van der Waals surface area (Å²) >= 11 is 0. The minimum Gasteiger partial charge on any atom is -0.396 e. The van der Waals surface area contributed by atoms with Gasteiger partial charge in [0.25, 0.3) is 0 Å². The Labute approximate surface area is 113 Å². The highest BCUT2D eigenvalue weighted by atomic mass is 19.1. The second-order valence-corrected chi connectivity index (χ2v) is 4.76. The van der Waals surface area contributed by atoms with Crippen molar-refractivity contribution in [2.75, 3.05) is 18.9 Å². The molecular formula is C12H14FN5O2. The molecule has 0 radical (unpaired) electrons. The summed E-state index contributed by atoms with van der Waals surface area (Å²) < 4.78 is 15.5. The zero-order valence-electron chi connectivity index (χ0n) is 10.5. The minimum absolute atomic E-state index is 0.246. The van der Waals surface area contributed by atoms with Crippen molar-refractivity contribution in [1.29, 1.82) is 0 Å². The standard InChI is InChI=1S/C12H14FN5O2/c13-8-1-9(7(3-20)6(8)2-19)18-5-17-10-11(14)15-4-16-12(10)18/h1,4-7,9,19-20H,2-3H2,(H2,14,15,16)/t6-,7-,9+/m1/s1. The molecular weight excluding hydrogens is 265 g/mol. The van der Waals surface area contributed by atoms with Gasteiger partial charge in [-0.1, -0.05) is 0 Å². The number of hydrogen-bond donors (Lipinski definition) is 3. The lowest BCUT2D eigenvalue weighted by Gasteiger charge is -2.22. The van der Waals surface area contributed by atoms with Gasteiger partial charge >= 0.3 is 0 Å². The van der Waals surface area contributed by atoms with E-state index in [-0.39, 0.29) is 19.0 Å². The lowest BCUT2D eigenvalue weighted by Crippen LogP contribution is -2.25. The van der Waals surface area contributed by atoms with Gasteiger partial charge in [0.2, 0.25) is 0 Å². The Morgan fingerprint density at radius 2 is 2.05 bits per heavy atom. The Kier molecular flexibility index (Phi) is 3.11. The van der Waals surface area contributed by atoms with E-state index in [1.807, 2.05) is 0 Å². The quantitative estimate of drug-likeness (QED) is 0.731. The Morgan fingerprint density at radius 3 is 2.75 bits per heavy atom. The maximum atomic E-state index is 13.8. The Bertz CT molecular complexity index is 671. The molecule has 2 heterocycles. The first-order valence-electron chi connectivity index (χ1n) is 6.19. The largest absolute Gasteiger partial charge is 0.396 e. The molecule has 1 aliphatic rings. The van der Waals surface area contributed by atoms with Crippen LogP contribution < -0.4 is 5.73 Å². The number of nitrogens with two attached hydrogens (primary N) is 1. The molecule has 20 heavy (non-hydrogen) atoms. The zero-order chi connectivity index (χ0) is 14.3. The lowest BCUT2D eigenvalue weighted by atomic mass is 9.93. The van der Waals surface area contributed by atoms with Gasteiger partial charge in [-0.15, -0.1) is 0 Å². The molecule has 0 aromatic carbocycles. The van der Waals surface area contributed by atoms with Gasteiger partial charge in [-0.25, -0.2) is 19.3 Å². The van der Waals surface area contributed by atoms with Crippen molar-refractivity contribution in [3.63, 3.8) is 0 Å². The molecule has 2 aromatic heterocycles. The highest BCUT2D eigenvalue weighted by molar-refractivity contribution is 5.81. The smallest absolute Gasteiger partial charge is 0.165 e. The summed E-state index contributed by atoms with van der Waals surface area (Å²) in [5.74, 6) is -1.36. The number of allylic oxidation sites excluding steroid dienone is 1. The summed E-state index contributed by atoms with van der Waals surface area (Å²) in [5.41, 5.74) is 6.62. The van der Waals surface area contributed by atoms with E-state index in [0.717, 1.165) is 0 Å². The second-order valence-electron chi connectivity index (χ2n) is 4.76. The van der Waals surface area contributed by atoms with Gasteiger partial charge in [0.1, 0.15) is 17.7 Å². The van der Waals surface area contributed by atoms with Crippen LogP contribution in [0.1, 0.15) is 6.04 Å². The molecule has 8 heteroatoms. The SMILES string of the molecule is Nc1ncnc2c1ncn2[C@H]1C=C(F)[C@H](CO)[C@H]1CO. The van der Waals surface area contributed by atoms with Crippen molar-refractivity contribution in [3.8, 4) is 0 Å². The Morgan fingerprint density at radius 1 is 1.25 bits per heavy atom. The van der Waals surface area contributed by atoms with E-state index in [9.17, 15) is 14.6 Å². The molecule has 3 atom stereocenters. The number of hydrogen-bond acceptors (Lipinski definition) is 6. The van der Waals surface area contributed by atoms with Crippen molar-refractivity contribution >= 4 is 17.0 Å². The molecule has 0 spiro atoms. The summed E-state index contributed by atoms with van der Waals surface area (Å²) in [6.07, 6.45) is 4.18. The van der Waals surface area contributed by atoms with Crippen molar-refractivity contribution in [2.24, 2.45) is 11.8 Å². The molecule has 0 unspecified atom stereocenters. The molecule has 106 valence electrons. The fourth-order valence-electron chi connectivity index (χ4n) is 2.69. The highest BCUT2D eigenvalue weighted by Gasteiger charge is 2.38. The molecule has 1 aliphatic carbocycles. The van der Waals surface area contributed by atoms with E-state index in [1.165, 1.54) is 18.7 Å². The van der Waals surface area contributed by atoms with Crippen LogP contribution in [0.5, 0.6) is 0 Å². The van der Waals surface area contributed by atoms with Gasteiger partial charge in [0, 0.05) is 18.4 Å². The van der Waals surface area contributed by atoms with E-state index in [2.05, 4.69) is 15.0 Å². The van der Waals surface area contributed by atoms with Crippen molar-refractivity contribution in [2.45, 2.75) is 6.04 Å². The van der Waals surface area contributed by atoms with Crippen LogP contribution in [-0.2, 0) is 0 Å². The van der Waals surface area contributed by atoms with E-state index in [0.29, 0.717) is 11.2 Å². The number of fused-ring (bicyclic) bond motifs is 1. The molecule has 0 saturated heterocycles. The normalized spacial score (nSPS) is 26.1. The number of anilines is 1. The molecule has 0 amide bonds. The number of halogens is 1. The Hall–Kier alpha value is -2.06. The fraction of sp³-hybridized carbons (Fsp3) is 0.417. The van der Waals surface area contributed by atoms with Crippen LogP contribution in [-0.4, -0.2) is 42.9 Å². The fourth-order valence-corrected chi connectivity index (χ4v) is 2.69. The molecule has 2 aromatic rings. The number of rotatable bonds is 3. The van der Waals surface area contributed by atoms with Crippen LogP contribution >= 0.6 is 0 Å². The van der Waals surface area contributed by atoms with Crippen molar-refractivity contribution < 1.29 is 14.6 Å². The first kappa shape index (κ1) is 12.9. The summed E-state index contributed by atoms with van der Waals surface area (Å²) in [7, 11) is 0. The topological polar surface area (TPSA) is 110 Å². The van der Waals surface area contributed by atoms with Gasteiger partial charge in [-0.3, -0.25) is 0 Å². The maximum absolute atomic E-state index is 13.8. The number of nitrogens with zero attached hydrogens (tertiary/aromatic N) is 4. The summed E-state index contributed by atoms with van der Waals surface area (Å²) in [6, 6.07) is -0.462. The third-order valence-corrected chi connectivity index (χ3v) is 3.76. The van der Waals surface area contributed by atoms with E-state index in [1.54, 1.807) is 4.57 Å². The third-order valence-electron chi connectivity index (χ3n) is 3.76. The van der Waals surface area contributed by atoms with Crippen LogP contribution in [0.15, 0.2) is 24.6 Å². The third kappa shape index (κ3) is 1.76. The number of imidazole rings is 1. The van der Waals surface area contributed by atoms with Gasteiger partial charge in [-0.2, -0.15) is 0 Å². The van der Waals surface area contributed by atoms with Crippen LogP contribution in [0.25, 0.3) is 11.2 Å². The van der Waals surface area contributed by atoms with Gasteiger partial charge in [0.05, 0.1) is 19.0 Å². The van der Waals surface area contributed by atoms with E-state index in [4.69, 9.17) is 5.73 Å². The zero-order valence-corrected chi connectivity index (χ0v) is 10.5. The maximum Gasteiger partial charge on any atom is 0.165 e. The van der Waals surface area contributed by atoms with E-state index < -0.39 is 23.7 Å². The first-order chi connectivity index (χ1) is 9.67. The molecule has 0 bridgehead atoms. The van der Waals surface area contributed by atoms with E-state index >= 15 is 0 Å². The summed E-state index contributed by atoms with van der Waals surface area (Å²) in [6.45, 7) is -0.603. The van der Waals surface area contributed by atoms with Gasteiger partial charge in [0.15, 0.2) is 11.5 Å². The molecule has 3 rings (SSSR count). The van der Waals surface area contributed by atoms with Gasteiger partial charge in [-0.05, 0) is 6.08 Å². The highest BCUT2D eigenvalue weighted by Crippen LogP contribution is 2.40. The Balaban J connectivity index is 2.09. The number of aliphatic hydroxyl groups excluding tert-OH is 2. The van der Waals surface area contributed by atoms with Crippen LogP contribution in [0.3, 0.4) is 0 Å². The first-order valence-corrected chi connectivity index (χ1v) is 6.19. The predicted octanol–water partition coefficient (Wildman–Crippen LogP) is 0.0336. The number of aliphatic hydroxyl groups is 2. The lowest BCUT2D eigenvalue weighted by molar-refractivity contribution is 0.119. The molecule has 0 saturated carbocycles. The molecule has 0 fully saturated rings. The minimum atomic E-state index is -0.707. The number of nitrogen functional groups attached to an aromatic ring is 1. The second kappa shape index (κ2) is 4.80. The van der Waals surface area contributed by atoms with Gasteiger partial charge < -0.3 is 20.5 Å². The van der Waals surface area contributed by atoms with Crippen LogP contribution in [0, 0.1) is 11.8 Å². The summed E-state index contributed by atoms with van der Waals surface area (Å²) in [5, 5.41) is 18.7. The summed E-state index contributed by atoms with van der Waals surface area (Å²) in [4.78, 5) is 12.1. The van der Waals surface area contributed by atoms with Crippen molar-refractivity contribution in [3.05, 3.63) is 24.6 Å². The molecule has 0 aliphatic heterocycles. The molecule has 4 N–H and O–H groups in total. The monoisotopic (exact) mass is 279 g/mol. The average Bonchev–Trinajstić information content (AvgIpc) is 2.99. The van der Waals surface area contributed by atoms with Crippen molar-refractivity contribution in [1.82, 2.24) is 19.5 Å². The average molecular weight is 279 g/mol. The number of aromatic nitrogens is 4. The molecule has 7 nitrogen and oxygen atoms in total. The van der Waals surface area contributed by atoms with Crippen LogP contribution in [0.4, 0.5) is 10.2 Å².